The first-order valence-electron chi connectivity index (χ1n) is 7.26. The summed E-state index contributed by atoms with van der Waals surface area (Å²) < 4.78 is 5.13. The third-order valence-corrected chi connectivity index (χ3v) is 3.71. The van der Waals surface area contributed by atoms with Gasteiger partial charge < -0.3 is 4.74 Å². The molecular weight excluding hydrogens is 272 g/mol. The van der Waals surface area contributed by atoms with Gasteiger partial charge in [-0.1, -0.05) is 18.6 Å². The van der Waals surface area contributed by atoms with Crippen LogP contribution in [0.25, 0.3) is 0 Å². The number of esters is 1. The van der Waals surface area contributed by atoms with E-state index in [9.17, 15) is 14.9 Å². The monoisotopic (exact) mass is 292 g/mol. The molecule has 1 heterocycles. The number of piperidine rings is 1. The van der Waals surface area contributed by atoms with Gasteiger partial charge in [-0.3, -0.25) is 19.8 Å². The number of rotatable bonds is 5. The Morgan fingerprint density at radius 3 is 2.71 bits per heavy atom. The van der Waals surface area contributed by atoms with Crippen LogP contribution in [-0.4, -0.2) is 35.0 Å². The van der Waals surface area contributed by atoms with E-state index < -0.39 is 4.92 Å². The number of nitro benzene ring substituents is 1. The molecule has 0 spiro atoms. The van der Waals surface area contributed by atoms with Crippen molar-refractivity contribution in [3.63, 3.8) is 0 Å². The molecule has 1 aliphatic heterocycles. The highest BCUT2D eigenvalue weighted by molar-refractivity contribution is 5.75. The second-order valence-corrected chi connectivity index (χ2v) is 5.16. The highest BCUT2D eigenvalue weighted by Crippen LogP contribution is 2.21. The Bertz CT molecular complexity index is 501. The zero-order valence-electron chi connectivity index (χ0n) is 12.2. The maximum absolute atomic E-state index is 12.0. The van der Waals surface area contributed by atoms with Crippen molar-refractivity contribution in [2.45, 2.75) is 38.8 Å². The first kappa shape index (κ1) is 15.4. The molecule has 1 aromatic rings. The Morgan fingerprint density at radius 1 is 1.38 bits per heavy atom. The number of benzene rings is 1. The summed E-state index contributed by atoms with van der Waals surface area (Å²) in [6.45, 7) is 3.66. The van der Waals surface area contributed by atoms with E-state index in [2.05, 4.69) is 4.90 Å². The Labute approximate surface area is 123 Å². The zero-order valence-corrected chi connectivity index (χ0v) is 12.2. The smallest absolute Gasteiger partial charge is 0.323 e. The topological polar surface area (TPSA) is 72.7 Å². The number of carbonyl (C=O) groups is 1. The van der Waals surface area contributed by atoms with Gasteiger partial charge in [0, 0.05) is 18.7 Å². The van der Waals surface area contributed by atoms with E-state index in [0.717, 1.165) is 31.4 Å². The molecule has 6 nitrogen and oxygen atoms in total. The van der Waals surface area contributed by atoms with Crippen LogP contribution in [0.1, 0.15) is 31.7 Å². The SMILES string of the molecule is CCOC(=O)C1CCCCN1Cc1ccc([N+](=O)[O-])cc1. The molecule has 1 saturated heterocycles. The average Bonchev–Trinajstić information content (AvgIpc) is 2.48. The fraction of sp³-hybridized carbons (Fsp3) is 0.533. The number of nitro groups is 1. The Kier molecular flexibility index (Phi) is 5.27. The normalized spacial score (nSPS) is 19.2. The lowest BCUT2D eigenvalue weighted by atomic mass is 10.0. The lowest BCUT2D eigenvalue weighted by Gasteiger charge is -2.33. The molecule has 0 bridgehead atoms. The van der Waals surface area contributed by atoms with Gasteiger partial charge in [-0.25, -0.2) is 0 Å². The molecule has 0 radical (unpaired) electrons. The van der Waals surface area contributed by atoms with E-state index in [4.69, 9.17) is 4.74 Å². The van der Waals surface area contributed by atoms with Crippen molar-refractivity contribution in [3.05, 3.63) is 39.9 Å². The molecule has 0 aromatic heterocycles. The predicted molar refractivity (Wildman–Crippen MR) is 77.8 cm³/mol. The van der Waals surface area contributed by atoms with E-state index in [0.29, 0.717) is 13.2 Å². The molecule has 1 atom stereocenters. The van der Waals surface area contributed by atoms with Crippen molar-refractivity contribution in [1.29, 1.82) is 0 Å². The van der Waals surface area contributed by atoms with Crippen LogP contribution >= 0.6 is 0 Å². The van der Waals surface area contributed by atoms with Crippen molar-refractivity contribution in [3.8, 4) is 0 Å². The van der Waals surface area contributed by atoms with Crippen molar-refractivity contribution in [2.24, 2.45) is 0 Å². The molecule has 6 heteroatoms. The maximum atomic E-state index is 12.0. The van der Waals surface area contributed by atoms with E-state index in [1.807, 2.05) is 0 Å². The third-order valence-electron chi connectivity index (χ3n) is 3.71. The van der Waals surface area contributed by atoms with Crippen LogP contribution in [0.5, 0.6) is 0 Å². The summed E-state index contributed by atoms with van der Waals surface area (Å²) in [6, 6.07) is 6.29. The van der Waals surface area contributed by atoms with Crippen LogP contribution < -0.4 is 0 Å². The molecule has 0 aliphatic carbocycles. The second kappa shape index (κ2) is 7.17. The number of hydrogen-bond acceptors (Lipinski definition) is 5. The summed E-state index contributed by atoms with van der Waals surface area (Å²) in [5, 5.41) is 10.6. The lowest BCUT2D eigenvalue weighted by Crippen LogP contribution is -2.44. The molecular formula is C15H20N2O4. The van der Waals surface area contributed by atoms with Gasteiger partial charge in [-0.15, -0.1) is 0 Å². The van der Waals surface area contributed by atoms with Crippen LogP contribution in [0.2, 0.25) is 0 Å². The second-order valence-electron chi connectivity index (χ2n) is 5.16. The minimum atomic E-state index is -0.411. The summed E-state index contributed by atoms with van der Waals surface area (Å²) in [7, 11) is 0. The summed E-state index contributed by atoms with van der Waals surface area (Å²) in [5.41, 5.74) is 1.05. The van der Waals surface area contributed by atoms with Crippen LogP contribution in [0, 0.1) is 10.1 Å². The van der Waals surface area contributed by atoms with Crippen LogP contribution in [0.4, 0.5) is 5.69 Å². The summed E-state index contributed by atoms with van der Waals surface area (Å²) in [6.07, 6.45) is 2.90. The fourth-order valence-electron chi connectivity index (χ4n) is 2.64. The van der Waals surface area contributed by atoms with E-state index in [-0.39, 0.29) is 17.7 Å². The van der Waals surface area contributed by atoms with Crippen molar-refractivity contribution >= 4 is 11.7 Å². The van der Waals surface area contributed by atoms with Crippen molar-refractivity contribution < 1.29 is 14.5 Å². The first-order chi connectivity index (χ1) is 10.1. The molecule has 0 amide bonds. The van der Waals surface area contributed by atoms with E-state index in [1.54, 1.807) is 19.1 Å². The van der Waals surface area contributed by atoms with Gasteiger partial charge in [0.15, 0.2) is 0 Å². The number of carbonyl (C=O) groups excluding carboxylic acids is 1. The summed E-state index contributed by atoms with van der Waals surface area (Å²) >= 11 is 0. The number of likely N-dealkylation sites (tertiary alicyclic amines) is 1. The van der Waals surface area contributed by atoms with Gasteiger partial charge >= 0.3 is 5.97 Å². The molecule has 0 N–H and O–H groups in total. The standard InChI is InChI=1S/C15H20N2O4/c1-2-21-15(18)14-5-3-4-10-16(14)11-12-6-8-13(9-7-12)17(19)20/h6-9,14H,2-5,10-11H2,1H3. The number of hydrogen-bond donors (Lipinski definition) is 0. The van der Waals surface area contributed by atoms with Gasteiger partial charge in [-0.05, 0) is 31.9 Å². The number of nitrogens with zero attached hydrogens (tertiary/aromatic N) is 2. The quantitative estimate of drug-likeness (QED) is 0.473. The zero-order chi connectivity index (χ0) is 15.2. The largest absolute Gasteiger partial charge is 0.465 e. The van der Waals surface area contributed by atoms with Crippen molar-refractivity contribution in [1.82, 2.24) is 4.90 Å². The molecule has 21 heavy (non-hydrogen) atoms. The summed E-state index contributed by atoms with van der Waals surface area (Å²) in [5.74, 6) is -0.167. The number of non-ortho nitro benzene ring substituents is 1. The Hall–Kier alpha value is -1.95. The van der Waals surface area contributed by atoms with Crippen molar-refractivity contribution in [2.75, 3.05) is 13.2 Å². The predicted octanol–water partition coefficient (Wildman–Crippen LogP) is 2.51. The Morgan fingerprint density at radius 2 is 2.10 bits per heavy atom. The van der Waals surface area contributed by atoms with Gasteiger partial charge in [-0.2, -0.15) is 0 Å². The summed E-state index contributed by atoms with van der Waals surface area (Å²) in [4.78, 5) is 24.3. The third kappa shape index (κ3) is 4.01. The highest BCUT2D eigenvalue weighted by Gasteiger charge is 2.29. The van der Waals surface area contributed by atoms with Crippen LogP contribution in [-0.2, 0) is 16.1 Å². The molecule has 1 aromatic carbocycles. The maximum Gasteiger partial charge on any atom is 0.323 e. The fourth-order valence-corrected chi connectivity index (χ4v) is 2.64. The first-order valence-corrected chi connectivity index (χ1v) is 7.26. The van der Waals surface area contributed by atoms with Crippen LogP contribution in [0.15, 0.2) is 24.3 Å². The Balaban J connectivity index is 2.04. The molecule has 1 aliphatic rings. The minimum absolute atomic E-state index is 0.0827. The van der Waals surface area contributed by atoms with E-state index in [1.165, 1.54) is 12.1 Å². The van der Waals surface area contributed by atoms with Crippen LogP contribution in [0.3, 0.4) is 0 Å². The average molecular weight is 292 g/mol. The van der Waals surface area contributed by atoms with Gasteiger partial charge in [0.2, 0.25) is 0 Å². The van der Waals surface area contributed by atoms with Gasteiger partial charge in [0.05, 0.1) is 11.5 Å². The lowest BCUT2D eigenvalue weighted by molar-refractivity contribution is -0.384. The number of ether oxygens (including phenoxy) is 1. The molecule has 2 rings (SSSR count). The van der Waals surface area contributed by atoms with Gasteiger partial charge in [0.1, 0.15) is 6.04 Å². The highest BCUT2D eigenvalue weighted by atomic mass is 16.6. The molecule has 1 unspecified atom stereocenters. The molecule has 0 saturated carbocycles. The minimum Gasteiger partial charge on any atom is -0.465 e. The van der Waals surface area contributed by atoms with E-state index >= 15 is 0 Å². The molecule has 114 valence electrons. The molecule has 1 fully saturated rings. The van der Waals surface area contributed by atoms with Gasteiger partial charge in [0.25, 0.3) is 5.69 Å².